The van der Waals surface area contributed by atoms with Gasteiger partial charge in [0.2, 0.25) is 5.90 Å². The van der Waals surface area contributed by atoms with E-state index < -0.39 is 0 Å². The van der Waals surface area contributed by atoms with Gasteiger partial charge in [0.05, 0.1) is 0 Å². The van der Waals surface area contributed by atoms with Crippen molar-refractivity contribution in [2.75, 3.05) is 0 Å². The van der Waals surface area contributed by atoms with Crippen LogP contribution in [0, 0.1) is 0 Å². The summed E-state index contributed by atoms with van der Waals surface area (Å²) in [4.78, 5) is 5.52. The molecule has 1 heterocycles. The molecule has 0 bridgehead atoms. The van der Waals surface area contributed by atoms with E-state index in [9.17, 15) is 0 Å². The van der Waals surface area contributed by atoms with E-state index >= 15 is 0 Å². The SMILES string of the molecule is ClC1=CC(Oc2ccccc2)=NN(Oc2ccccc2)N1. The zero-order valence-corrected chi connectivity index (χ0v) is 11.7. The first-order chi connectivity index (χ1) is 10.3. The van der Waals surface area contributed by atoms with Gasteiger partial charge in [0, 0.05) is 6.08 Å². The van der Waals surface area contributed by atoms with E-state index in [0.29, 0.717) is 22.6 Å². The number of nitrogens with zero attached hydrogens (tertiary/aromatic N) is 2. The van der Waals surface area contributed by atoms with Crippen molar-refractivity contribution in [2.24, 2.45) is 5.10 Å². The Balaban J connectivity index is 1.73. The smallest absolute Gasteiger partial charge is 0.244 e. The van der Waals surface area contributed by atoms with Gasteiger partial charge in [-0.3, -0.25) is 0 Å². The van der Waals surface area contributed by atoms with E-state index in [2.05, 4.69) is 10.5 Å². The standard InChI is InChI=1S/C15H12ClN3O2/c16-14-11-15(20-12-7-3-1-4-8-12)18-19(17-14)21-13-9-5-2-6-10-13/h1-11,17H. The fourth-order valence-electron chi connectivity index (χ4n) is 1.66. The summed E-state index contributed by atoms with van der Waals surface area (Å²) >= 11 is 6.01. The second-order valence-electron chi connectivity index (χ2n) is 4.13. The molecule has 0 spiro atoms. The quantitative estimate of drug-likeness (QED) is 0.884. The van der Waals surface area contributed by atoms with Gasteiger partial charge in [0.15, 0.2) is 5.75 Å². The Hall–Kier alpha value is -2.66. The number of hydrazine groups is 1. The molecule has 21 heavy (non-hydrogen) atoms. The molecule has 0 fully saturated rings. The van der Waals surface area contributed by atoms with Crippen LogP contribution in [0.4, 0.5) is 0 Å². The van der Waals surface area contributed by atoms with Crippen molar-refractivity contribution in [2.45, 2.75) is 0 Å². The lowest BCUT2D eigenvalue weighted by Gasteiger charge is -2.23. The van der Waals surface area contributed by atoms with Gasteiger partial charge >= 0.3 is 0 Å². The summed E-state index contributed by atoms with van der Waals surface area (Å²) in [7, 11) is 0. The summed E-state index contributed by atoms with van der Waals surface area (Å²) in [5, 5.41) is 5.64. The maximum atomic E-state index is 6.01. The molecule has 0 amide bonds. The maximum absolute atomic E-state index is 6.01. The number of halogens is 1. The lowest BCUT2D eigenvalue weighted by Crippen LogP contribution is -2.39. The molecular formula is C15H12ClN3O2. The van der Waals surface area contributed by atoms with E-state index in [-0.39, 0.29) is 0 Å². The second kappa shape index (κ2) is 6.19. The zero-order chi connectivity index (χ0) is 14.5. The summed E-state index contributed by atoms with van der Waals surface area (Å²) in [6, 6.07) is 18.6. The molecule has 0 aliphatic carbocycles. The van der Waals surface area contributed by atoms with Crippen LogP contribution in [0.5, 0.6) is 11.5 Å². The van der Waals surface area contributed by atoms with Crippen LogP contribution in [0.15, 0.2) is 77.0 Å². The summed E-state index contributed by atoms with van der Waals surface area (Å²) in [6.45, 7) is 0. The average Bonchev–Trinajstić information content (AvgIpc) is 2.48. The van der Waals surface area contributed by atoms with Crippen LogP contribution in [0.25, 0.3) is 0 Å². The van der Waals surface area contributed by atoms with Crippen LogP contribution < -0.4 is 15.0 Å². The molecule has 5 nitrogen and oxygen atoms in total. The van der Waals surface area contributed by atoms with E-state index in [4.69, 9.17) is 21.2 Å². The third kappa shape index (κ3) is 3.67. The minimum atomic E-state index is 0.320. The lowest BCUT2D eigenvalue weighted by molar-refractivity contribution is -0.0955. The predicted molar refractivity (Wildman–Crippen MR) is 80.5 cm³/mol. The highest BCUT2D eigenvalue weighted by molar-refractivity contribution is 6.30. The fourth-order valence-corrected chi connectivity index (χ4v) is 1.82. The minimum Gasteiger partial charge on any atom is -0.437 e. The van der Waals surface area contributed by atoms with Crippen molar-refractivity contribution in [3.05, 3.63) is 71.9 Å². The van der Waals surface area contributed by atoms with Crippen LogP contribution in [-0.4, -0.2) is 11.2 Å². The van der Waals surface area contributed by atoms with Crippen LogP contribution in [-0.2, 0) is 0 Å². The van der Waals surface area contributed by atoms with Crippen molar-refractivity contribution in [1.82, 2.24) is 10.7 Å². The zero-order valence-electron chi connectivity index (χ0n) is 10.9. The predicted octanol–water partition coefficient (Wildman–Crippen LogP) is 3.27. The fraction of sp³-hybridized carbons (Fsp3) is 0. The highest BCUT2D eigenvalue weighted by atomic mass is 35.5. The van der Waals surface area contributed by atoms with E-state index in [1.54, 1.807) is 18.2 Å². The van der Waals surface area contributed by atoms with Gasteiger partial charge < -0.3 is 9.57 Å². The number of para-hydroxylation sites is 2. The van der Waals surface area contributed by atoms with Crippen LogP contribution >= 0.6 is 11.6 Å². The van der Waals surface area contributed by atoms with Gasteiger partial charge in [-0.25, -0.2) is 5.43 Å². The first-order valence-corrected chi connectivity index (χ1v) is 6.66. The Kier molecular flexibility index (Phi) is 3.93. The summed E-state index contributed by atoms with van der Waals surface area (Å²) in [5.74, 6) is 1.61. The van der Waals surface area contributed by atoms with Gasteiger partial charge in [-0.05, 0) is 29.5 Å². The number of hydrogen-bond donors (Lipinski definition) is 1. The molecule has 3 rings (SSSR count). The molecule has 2 aromatic carbocycles. The second-order valence-corrected chi connectivity index (χ2v) is 4.54. The van der Waals surface area contributed by atoms with Crippen molar-refractivity contribution >= 4 is 17.5 Å². The first-order valence-electron chi connectivity index (χ1n) is 6.28. The van der Waals surface area contributed by atoms with Crippen LogP contribution in [0.2, 0.25) is 0 Å². The third-order valence-corrected chi connectivity index (χ3v) is 2.74. The maximum Gasteiger partial charge on any atom is 0.244 e. The number of benzene rings is 2. The molecule has 6 heteroatoms. The van der Waals surface area contributed by atoms with Crippen LogP contribution in [0.3, 0.4) is 0 Å². The average molecular weight is 302 g/mol. The molecule has 0 atom stereocenters. The minimum absolute atomic E-state index is 0.320. The molecule has 1 N–H and O–H groups in total. The number of hydrogen-bond acceptors (Lipinski definition) is 5. The molecule has 0 aromatic heterocycles. The molecule has 2 aromatic rings. The summed E-state index contributed by atoms with van der Waals surface area (Å²) < 4.78 is 5.62. The van der Waals surface area contributed by atoms with Gasteiger partial charge in [0.25, 0.3) is 0 Å². The van der Waals surface area contributed by atoms with Gasteiger partial charge in [-0.2, -0.15) is 0 Å². The van der Waals surface area contributed by atoms with Gasteiger partial charge in [0.1, 0.15) is 10.9 Å². The highest BCUT2D eigenvalue weighted by Crippen LogP contribution is 2.15. The highest BCUT2D eigenvalue weighted by Gasteiger charge is 2.14. The third-order valence-electron chi connectivity index (χ3n) is 2.54. The molecule has 106 valence electrons. The molecule has 0 radical (unpaired) electrons. The Labute approximate surface area is 127 Å². The topological polar surface area (TPSA) is 46.1 Å². The van der Waals surface area contributed by atoms with Gasteiger partial charge in [-0.1, -0.05) is 53.1 Å². The number of ether oxygens (including phenoxy) is 1. The number of hydrazone groups is 1. The molecular weight excluding hydrogens is 290 g/mol. The van der Waals surface area contributed by atoms with Crippen LogP contribution in [0.1, 0.15) is 0 Å². The largest absolute Gasteiger partial charge is 0.437 e. The van der Waals surface area contributed by atoms with Crippen molar-refractivity contribution in [3.8, 4) is 11.5 Å². The number of nitrogens with one attached hydrogen (secondary N) is 1. The first kappa shape index (κ1) is 13.3. The summed E-state index contributed by atoms with van der Waals surface area (Å²) in [6.07, 6.45) is 1.57. The molecule has 1 aliphatic heterocycles. The summed E-state index contributed by atoms with van der Waals surface area (Å²) in [5.41, 5.74) is 2.75. The molecule has 1 aliphatic rings. The van der Waals surface area contributed by atoms with Crippen molar-refractivity contribution < 1.29 is 9.57 Å². The molecule has 0 unspecified atom stereocenters. The van der Waals surface area contributed by atoms with Gasteiger partial charge in [-0.15, -0.1) is 0 Å². The number of rotatable bonds is 3. The Morgan fingerprint density at radius 1 is 0.905 bits per heavy atom. The van der Waals surface area contributed by atoms with Crippen molar-refractivity contribution in [3.63, 3.8) is 0 Å². The Morgan fingerprint density at radius 3 is 2.19 bits per heavy atom. The lowest BCUT2D eigenvalue weighted by atomic mass is 10.3. The monoisotopic (exact) mass is 301 g/mol. The van der Waals surface area contributed by atoms with E-state index in [0.717, 1.165) is 5.28 Å². The van der Waals surface area contributed by atoms with E-state index in [1.165, 1.54) is 0 Å². The van der Waals surface area contributed by atoms with E-state index in [1.807, 2.05) is 48.5 Å². The van der Waals surface area contributed by atoms with Crippen molar-refractivity contribution in [1.29, 1.82) is 0 Å². The Morgan fingerprint density at radius 2 is 1.52 bits per heavy atom. The normalized spacial score (nSPS) is 13.9. The molecule has 0 saturated heterocycles. The molecule has 0 saturated carbocycles. The Bertz CT molecular complexity index is 659.